The van der Waals surface area contributed by atoms with Gasteiger partial charge in [0.15, 0.2) is 0 Å². The summed E-state index contributed by atoms with van der Waals surface area (Å²) in [5.41, 5.74) is 1.80. The van der Waals surface area contributed by atoms with Crippen LogP contribution in [0.1, 0.15) is 5.69 Å². The molecule has 72 valence electrons. The highest BCUT2D eigenvalue weighted by molar-refractivity contribution is 5.78. The molecule has 1 aromatic carbocycles. The molecule has 2 rings (SSSR count). The van der Waals surface area contributed by atoms with Crippen LogP contribution in [0, 0.1) is 12.7 Å². The van der Waals surface area contributed by atoms with Crippen LogP contribution in [0.25, 0.3) is 10.9 Å². The highest BCUT2D eigenvalue weighted by atomic mass is 19.1. The molecule has 0 aliphatic carbocycles. The van der Waals surface area contributed by atoms with Gasteiger partial charge in [-0.15, -0.1) is 13.2 Å². The van der Waals surface area contributed by atoms with E-state index in [9.17, 15) is 4.39 Å². The van der Waals surface area contributed by atoms with E-state index in [1.54, 1.807) is 6.07 Å². The fourth-order valence-electron chi connectivity index (χ4n) is 1.20. The van der Waals surface area contributed by atoms with E-state index in [1.165, 1.54) is 12.1 Å². The number of nitrogens with zero attached hydrogens (tertiary/aromatic N) is 1. The van der Waals surface area contributed by atoms with Gasteiger partial charge in [0.2, 0.25) is 0 Å². The topological polar surface area (TPSA) is 12.9 Å². The lowest BCUT2D eigenvalue weighted by Crippen LogP contribution is -1.83. The highest BCUT2D eigenvalue weighted by Gasteiger charge is 1.95. The minimum Gasteiger partial charge on any atom is -0.253 e. The molecule has 1 heterocycles. The molecule has 0 saturated carbocycles. The largest absolute Gasteiger partial charge is 0.253 e. The summed E-state index contributed by atoms with van der Waals surface area (Å²) in [6, 6.07) is 8.36. The number of benzene rings is 1. The third kappa shape index (κ3) is 2.16. The number of aryl methyl sites for hydroxylation is 1. The average Bonchev–Trinajstić information content (AvgIpc) is 2.21. The van der Waals surface area contributed by atoms with Crippen molar-refractivity contribution in [2.24, 2.45) is 0 Å². The number of pyridine rings is 1. The van der Waals surface area contributed by atoms with Gasteiger partial charge in [0.25, 0.3) is 0 Å². The van der Waals surface area contributed by atoms with Gasteiger partial charge in [0, 0.05) is 11.1 Å². The van der Waals surface area contributed by atoms with Crippen molar-refractivity contribution in [3.63, 3.8) is 0 Å². The van der Waals surface area contributed by atoms with Crippen molar-refractivity contribution < 1.29 is 4.39 Å². The molecule has 0 spiro atoms. The van der Waals surface area contributed by atoms with Crippen LogP contribution in [0.2, 0.25) is 0 Å². The van der Waals surface area contributed by atoms with Crippen molar-refractivity contribution in [3.8, 4) is 0 Å². The Morgan fingerprint density at radius 2 is 1.86 bits per heavy atom. The fourth-order valence-corrected chi connectivity index (χ4v) is 1.20. The molecule has 0 aliphatic heterocycles. The Labute approximate surface area is 82.9 Å². The van der Waals surface area contributed by atoms with Crippen molar-refractivity contribution >= 4 is 10.9 Å². The summed E-state index contributed by atoms with van der Waals surface area (Å²) >= 11 is 0. The summed E-state index contributed by atoms with van der Waals surface area (Å²) < 4.78 is 12.7. The number of hydrogen-bond acceptors (Lipinski definition) is 1. The number of hydrogen-bond donors (Lipinski definition) is 0. The summed E-state index contributed by atoms with van der Waals surface area (Å²) in [6.45, 7) is 7.92. The molecule has 14 heavy (non-hydrogen) atoms. The SMILES string of the molecule is C=C.Cc1ccc2cc(F)ccc2n1. The Hall–Kier alpha value is -1.70. The molecule has 1 aromatic heterocycles. The minimum atomic E-state index is -0.215. The van der Waals surface area contributed by atoms with Gasteiger partial charge in [0.1, 0.15) is 5.82 Å². The maximum absolute atomic E-state index is 12.7. The Kier molecular flexibility index (Phi) is 3.35. The normalized spacial score (nSPS) is 9.29. The van der Waals surface area contributed by atoms with Crippen molar-refractivity contribution in [1.82, 2.24) is 4.98 Å². The Morgan fingerprint density at radius 1 is 1.14 bits per heavy atom. The number of rotatable bonds is 0. The molecule has 2 heteroatoms. The van der Waals surface area contributed by atoms with Gasteiger partial charge < -0.3 is 0 Å². The van der Waals surface area contributed by atoms with Crippen LogP contribution in [0.4, 0.5) is 4.39 Å². The number of halogens is 1. The van der Waals surface area contributed by atoms with Gasteiger partial charge in [-0.1, -0.05) is 6.07 Å². The van der Waals surface area contributed by atoms with Gasteiger partial charge in [-0.3, -0.25) is 4.98 Å². The number of fused-ring (bicyclic) bond motifs is 1. The number of aromatic nitrogens is 1. The third-order valence-corrected chi connectivity index (χ3v) is 1.79. The maximum atomic E-state index is 12.7. The van der Waals surface area contributed by atoms with Crippen molar-refractivity contribution in [1.29, 1.82) is 0 Å². The summed E-state index contributed by atoms with van der Waals surface area (Å²) in [5, 5.41) is 0.848. The van der Waals surface area contributed by atoms with E-state index in [4.69, 9.17) is 0 Å². The van der Waals surface area contributed by atoms with E-state index in [2.05, 4.69) is 18.1 Å². The van der Waals surface area contributed by atoms with Gasteiger partial charge in [-0.25, -0.2) is 4.39 Å². The zero-order valence-corrected chi connectivity index (χ0v) is 8.13. The van der Waals surface area contributed by atoms with Gasteiger partial charge in [0.05, 0.1) is 5.52 Å². The van der Waals surface area contributed by atoms with E-state index in [0.29, 0.717) is 0 Å². The monoisotopic (exact) mass is 189 g/mol. The van der Waals surface area contributed by atoms with Crippen molar-refractivity contribution in [3.05, 3.63) is 55.0 Å². The molecule has 0 radical (unpaired) electrons. The van der Waals surface area contributed by atoms with Crippen LogP contribution in [-0.4, -0.2) is 4.98 Å². The predicted molar refractivity (Wildman–Crippen MR) is 57.7 cm³/mol. The molecule has 0 amide bonds. The van der Waals surface area contributed by atoms with E-state index >= 15 is 0 Å². The zero-order chi connectivity index (χ0) is 10.6. The smallest absolute Gasteiger partial charge is 0.123 e. The molecule has 0 aliphatic rings. The molecule has 1 nitrogen and oxygen atoms in total. The van der Waals surface area contributed by atoms with Crippen LogP contribution < -0.4 is 0 Å². The van der Waals surface area contributed by atoms with Crippen LogP contribution in [0.15, 0.2) is 43.5 Å². The summed E-state index contributed by atoms with van der Waals surface area (Å²) in [5.74, 6) is -0.215. The Morgan fingerprint density at radius 3 is 2.57 bits per heavy atom. The molecular weight excluding hydrogens is 177 g/mol. The van der Waals surface area contributed by atoms with E-state index in [1.807, 2.05) is 19.1 Å². The lowest BCUT2D eigenvalue weighted by Gasteiger charge is -1.97. The third-order valence-electron chi connectivity index (χ3n) is 1.79. The van der Waals surface area contributed by atoms with Gasteiger partial charge >= 0.3 is 0 Å². The van der Waals surface area contributed by atoms with Crippen LogP contribution in [-0.2, 0) is 0 Å². The van der Waals surface area contributed by atoms with Crippen molar-refractivity contribution in [2.45, 2.75) is 6.92 Å². The molecule has 0 bridgehead atoms. The first-order valence-electron chi connectivity index (χ1n) is 4.28. The lowest BCUT2D eigenvalue weighted by molar-refractivity contribution is 0.629. The van der Waals surface area contributed by atoms with Gasteiger partial charge in [-0.2, -0.15) is 0 Å². The molecule has 0 saturated heterocycles. The second-order valence-corrected chi connectivity index (χ2v) is 2.79. The molecule has 0 unspecified atom stereocenters. The first kappa shape index (κ1) is 10.4. The molecule has 0 N–H and O–H groups in total. The molecular formula is C12H12FN. The van der Waals surface area contributed by atoms with Crippen LogP contribution >= 0.6 is 0 Å². The standard InChI is InChI=1S/C10H8FN.C2H4/c1-7-2-3-8-6-9(11)4-5-10(8)12-7;1-2/h2-6H,1H3;1-2H2. The van der Waals surface area contributed by atoms with E-state index in [-0.39, 0.29) is 5.82 Å². The Bertz CT molecular complexity index is 396. The summed E-state index contributed by atoms with van der Waals surface area (Å²) in [7, 11) is 0. The van der Waals surface area contributed by atoms with E-state index < -0.39 is 0 Å². The lowest BCUT2D eigenvalue weighted by atomic mass is 10.2. The zero-order valence-electron chi connectivity index (χ0n) is 8.13. The van der Waals surface area contributed by atoms with E-state index in [0.717, 1.165) is 16.6 Å². The fraction of sp³-hybridized carbons (Fsp3) is 0.0833. The minimum absolute atomic E-state index is 0.215. The summed E-state index contributed by atoms with van der Waals surface area (Å²) in [4.78, 5) is 4.25. The quantitative estimate of drug-likeness (QED) is 0.578. The van der Waals surface area contributed by atoms with Crippen molar-refractivity contribution in [2.75, 3.05) is 0 Å². The molecule has 0 atom stereocenters. The Balaban J connectivity index is 0.000000461. The first-order chi connectivity index (χ1) is 6.75. The maximum Gasteiger partial charge on any atom is 0.123 e. The van der Waals surface area contributed by atoms with Crippen LogP contribution in [0.5, 0.6) is 0 Å². The highest BCUT2D eigenvalue weighted by Crippen LogP contribution is 2.13. The molecule has 0 fully saturated rings. The molecule has 2 aromatic rings. The summed E-state index contributed by atoms with van der Waals surface area (Å²) in [6.07, 6.45) is 0. The average molecular weight is 189 g/mol. The second-order valence-electron chi connectivity index (χ2n) is 2.79. The van der Waals surface area contributed by atoms with Crippen LogP contribution in [0.3, 0.4) is 0 Å². The second kappa shape index (κ2) is 4.51. The van der Waals surface area contributed by atoms with Gasteiger partial charge in [-0.05, 0) is 31.2 Å². The predicted octanol–water partition coefficient (Wildman–Crippen LogP) is 3.48. The first-order valence-corrected chi connectivity index (χ1v) is 4.28.